The molecule has 1 aromatic rings. The number of rotatable bonds is 5. The third-order valence-electron chi connectivity index (χ3n) is 2.21. The van der Waals surface area contributed by atoms with E-state index in [9.17, 15) is 4.79 Å². The number of unbranched alkanes of at least 4 members (excludes halogenated alkanes) is 1. The van der Waals surface area contributed by atoms with Gasteiger partial charge in [-0.25, -0.2) is 4.79 Å². The number of hydrogen-bond donors (Lipinski definition) is 0. The lowest BCUT2D eigenvalue weighted by atomic mass is 10.2. The molecule has 88 valence electrons. The standard InChI is InChI=1S/C13H18O3/c1-3-4-8-11(2)15-13(14)16-12-9-6-5-7-10-12/h5-7,9-11H,3-4,8H2,1-2H3. The van der Waals surface area contributed by atoms with Crippen LogP contribution in [0.5, 0.6) is 5.75 Å². The fourth-order valence-corrected chi connectivity index (χ4v) is 1.32. The van der Waals surface area contributed by atoms with Gasteiger partial charge in [0.2, 0.25) is 0 Å². The predicted octanol–water partition coefficient (Wildman–Crippen LogP) is 3.78. The van der Waals surface area contributed by atoms with Crippen LogP contribution in [0.15, 0.2) is 30.3 Å². The van der Waals surface area contributed by atoms with Crippen LogP contribution in [0.2, 0.25) is 0 Å². The van der Waals surface area contributed by atoms with Crippen LogP contribution in [0.4, 0.5) is 4.79 Å². The molecule has 0 aromatic heterocycles. The van der Waals surface area contributed by atoms with Gasteiger partial charge in [0.05, 0.1) is 0 Å². The smallest absolute Gasteiger partial charge is 0.431 e. The SMILES string of the molecule is CCCCC(C)OC(=O)Oc1ccccc1. The summed E-state index contributed by atoms with van der Waals surface area (Å²) < 4.78 is 10.1. The van der Waals surface area contributed by atoms with Crippen LogP contribution < -0.4 is 4.74 Å². The second kappa shape index (κ2) is 6.88. The molecule has 0 aliphatic rings. The first-order valence-electron chi connectivity index (χ1n) is 5.66. The van der Waals surface area contributed by atoms with E-state index in [0.717, 1.165) is 19.3 Å². The summed E-state index contributed by atoms with van der Waals surface area (Å²) >= 11 is 0. The van der Waals surface area contributed by atoms with Gasteiger partial charge in [0.1, 0.15) is 11.9 Å². The Kier molecular flexibility index (Phi) is 5.40. The minimum atomic E-state index is -0.630. The zero-order valence-electron chi connectivity index (χ0n) is 9.81. The second-order valence-corrected chi connectivity index (χ2v) is 3.74. The molecule has 0 radical (unpaired) electrons. The van der Waals surface area contributed by atoms with E-state index in [2.05, 4.69) is 6.92 Å². The van der Waals surface area contributed by atoms with Crippen molar-refractivity contribution >= 4 is 6.16 Å². The Morgan fingerprint density at radius 1 is 1.31 bits per heavy atom. The molecule has 0 N–H and O–H groups in total. The van der Waals surface area contributed by atoms with Crippen LogP contribution in [-0.2, 0) is 4.74 Å². The largest absolute Gasteiger partial charge is 0.514 e. The summed E-state index contributed by atoms with van der Waals surface area (Å²) in [7, 11) is 0. The van der Waals surface area contributed by atoms with Gasteiger partial charge < -0.3 is 9.47 Å². The van der Waals surface area contributed by atoms with Crippen LogP contribution in [0, 0.1) is 0 Å². The average molecular weight is 222 g/mol. The summed E-state index contributed by atoms with van der Waals surface area (Å²) in [5.41, 5.74) is 0. The third kappa shape index (κ3) is 4.82. The van der Waals surface area contributed by atoms with Crippen molar-refractivity contribution in [3.8, 4) is 5.75 Å². The van der Waals surface area contributed by atoms with Crippen molar-refractivity contribution in [2.24, 2.45) is 0 Å². The summed E-state index contributed by atoms with van der Waals surface area (Å²) in [5.74, 6) is 0.509. The van der Waals surface area contributed by atoms with Crippen molar-refractivity contribution in [2.45, 2.75) is 39.2 Å². The second-order valence-electron chi connectivity index (χ2n) is 3.74. The van der Waals surface area contributed by atoms with E-state index >= 15 is 0 Å². The molecule has 1 unspecified atom stereocenters. The lowest BCUT2D eigenvalue weighted by Gasteiger charge is -2.12. The molecule has 0 saturated carbocycles. The van der Waals surface area contributed by atoms with Crippen molar-refractivity contribution < 1.29 is 14.3 Å². The highest BCUT2D eigenvalue weighted by molar-refractivity contribution is 5.63. The monoisotopic (exact) mass is 222 g/mol. The molecule has 0 aliphatic carbocycles. The van der Waals surface area contributed by atoms with Crippen LogP contribution in [0.25, 0.3) is 0 Å². The van der Waals surface area contributed by atoms with E-state index in [1.54, 1.807) is 12.1 Å². The fourth-order valence-electron chi connectivity index (χ4n) is 1.32. The van der Waals surface area contributed by atoms with Gasteiger partial charge in [0, 0.05) is 0 Å². The summed E-state index contributed by atoms with van der Waals surface area (Å²) in [6, 6.07) is 8.92. The van der Waals surface area contributed by atoms with Gasteiger partial charge in [-0.2, -0.15) is 0 Å². The van der Waals surface area contributed by atoms with Gasteiger partial charge in [0.25, 0.3) is 0 Å². The van der Waals surface area contributed by atoms with Crippen molar-refractivity contribution in [3.05, 3.63) is 30.3 Å². The molecule has 1 atom stereocenters. The van der Waals surface area contributed by atoms with Crippen molar-refractivity contribution in [2.75, 3.05) is 0 Å². The van der Waals surface area contributed by atoms with Crippen LogP contribution >= 0.6 is 0 Å². The molecule has 0 bridgehead atoms. The van der Waals surface area contributed by atoms with E-state index in [4.69, 9.17) is 9.47 Å². The Bertz CT molecular complexity index is 308. The predicted molar refractivity (Wildman–Crippen MR) is 62.5 cm³/mol. The number of ether oxygens (including phenoxy) is 2. The molecule has 1 aromatic carbocycles. The molecule has 0 saturated heterocycles. The van der Waals surface area contributed by atoms with E-state index in [1.165, 1.54) is 0 Å². The van der Waals surface area contributed by atoms with E-state index in [1.807, 2.05) is 25.1 Å². The molecule has 1 rings (SSSR count). The number of carbonyl (C=O) groups excluding carboxylic acids is 1. The first kappa shape index (κ1) is 12.6. The van der Waals surface area contributed by atoms with Crippen LogP contribution in [-0.4, -0.2) is 12.3 Å². The highest BCUT2D eigenvalue weighted by atomic mass is 16.7. The summed E-state index contributed by atoms with van der Waals surface area (Å²) in [4.78, 5) is 11.3. The Hall–Kier alpha value is -1.51. The third-order valence-corrected chi connectivity index (χ3v) is 2.21. The van der Waals surface area contributed by atoms with Gasteiger partial charge in [-0.1, -0.05) is 38.0 Å². The summed E-state index contributed by atoms with van der Waals surface area (Å²) in [6.45, 7) is 3.98. The molecule has 0 aliphatic heterocycles. The zero-order chi connectivity index (χ0) is 11.8. The average Bonchev–Trinajstić information content (AvgIpc) is 2.27. The summed E-state index contributed by atoms with van der Waals surface area (Å²) in [6.07, 6.45) is 2.31. The van der Waals surface area contributed by atoms with Crippen LogP contribution in [0.1, 0.15) is 33.1 Å². The highest BCUT2D eigenvalue weighted by Gasteiger charge is 2.10. The summed E-state index contributed by atoms with van der Waals surface area (Å²) in [5, 5.41) is 0. The number of carbonyl (C=O) groups is 1. The molecular weight excluding hydrogens is 204 g/mol. The molecule has 0 fully saturated rings. The Labute approximate surface area is 96.4 Å². The maximum atomic E-state index is 11.3. The molecule has 0 heterocycles. The first-order chi connectivity index (χ1) is 7.72. The molecule has 3 nitrogen and oxygen atoms in total. The molecule has 0 amide bonds. The molecule has 0 spiro atoms. The fraction of sp³-hybridized carbons (Fsp3) is 0.462. The van der Waals surface area contributed by atoms with E-state index in [0.29, 0.717) is 5.75 Å². The first-order valence-corrected chi connectivity index (χ1v) is 5.66. The Balaban J connectivity index is 2.31. The normalized spacial score (nSPS) is 11.9. The lowest BCUT2D eigenvalue weighted by Crippen LogP contribution is -2.18. The Morgan fingerprint density at radius 3 is 2.62 bits per heavy atom. The number of hydrogen-bond acceptors (Lipinski definition) is 3. The topological polar surface area (TPSA) is 35.5 Å². The maximum Gasteiger partial charge on any atom is 0.514 e. The van der Waals surface area contributed by atoms with Crippen molar-refractivity contribution in [1.82, 2.24) is 0 Å². The van der Waals surface area contributed by atoms with Gasteiger partial charge in [-0.05, 0) is 25.5 Å². The van der Waals surface area contributed by atoms with E-state index < -0.39 is 6.16 Å². The lowest BCUT2D eigenvalue weighted by molar-refractivity contribution is 0.0615. The Morgan fingerprint density at radius 2 is 2.00 bits per heavy atom. The van der Waals surface area contributed by atoms with Crippen molar-refractivity contribution in [1.29, 1.82) is 0 Å². The van der Waals surface area contributed by atoms with Gasteiger partial charge >= 0.3 is 6.16 Å². The van der Waals surface area contributed by atoms with Gasteiger partial charge in [-0.3, -0.25) is 0 Å². The maximum absolute atomic E-state index is 11.3. The molecule has 16 heavy (non-hydrogen) atoms. The molecular formula is C13H18O3. The van der Waals surface area contributed by atoms with Crippen molar-refractivity contribution in [3.63, 3.8) is 0 Å². The minimum absolute atomic E-state index is 0.0869. The minimum Gasteiger partial charge on any atom is -0.431 e. The number of para-hydroxylation sites is 1. The van der Waals surface area contributed by atoms with Crippen LogP contribution in [0.3, 0.4) is 0 Å². The highest BCUT2D eigenvalue weighted by Crippen LogP contribution is 2.11. The van der Waals surface area contributed by atoms with Gasteiger partial charge in [0.15, 0.2) is 0 Å². The number of benzene rings is 1. The molecule has 3 heteroatoms. The zero-order valence-corrected chi connectivity index (χ0v) is 9.81. The van der Waals surface area contributed by atoms with Gasteiger partial charge in [-0.15, -0.1) is 0 Å². The van der Waals surface area contributed by atoms with E-state index in [-0.39, 0.29) is 6.10 Å². The quantitative estimate of drug-likeness (QED) is 0.561.